The Labute approximate surface area is 131 Å². The number of hydrogen-bond donors (Lipinski definition) is 1. The Balaban J connectivity index is 2.18. The second-order valence-electron chi connectivity index (χ2n) is 6.39. The highest BCUT2D eigenvalue weighted by atomic mass is 35.5. The van der Waals surface area contributed by atoms with Crippen molar-refractivity contribution >= 4 is 17.5 Å². The molecule has 0 spiro atoms. The molecule has 1 N–H and O–H groups in total. The molecule has 2 rings (SSSR count). The third-order valence-corrected chi connectivity index (χ3v) is 4.59. The summed E-state index contributed by atoms with van der Waals surface area (Å²) in [5, 5.41) is 10.5. The number of aliphatic hydroxyl groups is 1. The van der Waals surface area contributed by atoms with Gasteiger partial charge in [-0.3, -0.25) is 4.79 Å². The Hall–Kier alpha value is -1.06. The van der Waals surface area contributed by atoms with E-state index in [2.05, 4.69) is 13.8 Å². The Morgan fingerprint density at radius 2 is 1.95 bits per heavy atom. The van der Waals surface area contributed by atoms with Gasteiger partial charge in [-0.25, -0.2) is 0 Å². The molecule has 0 radical (unpaired) electrons. The van der Waals surface area contributed by atoms with Gasteiger partial charge in [0.25, 0.3) is 0 Å². The number of carbonyl (C=O) groups is 1. The summed E-state index contributed by atoms with van der Waals surface area (Å²) in [4.78, 5) is 14.8. The minimum absolute atomic E-state index is 0.140. The molecule has 0 aromatic heterocycles. The lowest BCUT2D eigenvalue weighted by atomic mass is 9.86. The molecule has 3 unspecified atom stereocenters. The Morgan fingerprint density at radius 3 is 2.48 bits per heavy atom. The van der Waals surface area contributed by atoms with Gasteiger partial charge in [0.05, 0.1) is 12.0 Å². The lowest BCUT2D eigenvalue weighted by Gasteiger charge is -2.37. The number of halogens is 1. The van der Waals surface area contributed by atoms with E-state index < -0.39 is 0 Å². The van der Waals surface area contributed by atoms with Gasteiger partial charge in [0.15, 0.2) is 0 Å². The average Bonchev–Trinajstić information content (AvgIpc) is 2.43. The fourth-order valence-corrected chi connectivity index (χ4v) is 3.14. The topological polar surface area (TPSA) is 40.5 Å². The number of rotatable bonds is 3. The Morgan fingerprint density at radius 1 is 1.33 bits per heavy atom. The van der Waals surface area contributed by atoms with E-state index >= 15 is 0 Å². The highest BCUT2D eigenvalue weighted by Crippen LogP contribution is 2.29. The minimum Gasteiger partial charge on any atom is -0.393 e. The third kappa shape index (κ3) is 3.78. The zero-order chi connectivity index (χ0) is 15.6. The molecule has 1 aromatic rings. The molecule has 0 aliphatic carbocycles. The van der Waals surface area contributed by atoms with Gasteiger partial charge in [0, 0.05) is 18.1 Å². The SMILES string of the molecule is CC(C)C(C(=O)N1CCC(O)C(C)C1)c1ccc(Cl)cc1. The predicted molar refractivity (Wildman–Crippen MR) is 85.4 cm³/mol. The van der Waals surface area contributed by atoms with Crippen molar-refractivity contribution in [2.45, 2.75) is 39.2 Å². The summed E-state index contributed by atoms with van der Waals surface area (Å²) in [6.45, 7) is 7.41. The summed E-state index contributed by atoms with van der Waals surface area (Å²) in [7, 11) is 0. The van der Waals surface area contributed by atoms with E-state index in [4.69, 9.17) is 11.6 Å². The summed E-state index contributed by atoms with van der Waals surface area (Å²) >= 11 is 5.94. The maximum Gasteiger partial charge on any atom is 0.230 e. The first-order chi connectivity index (χ1) is 9.90. The monoisotopic (exact) mass is 309 g/mol. The zero-order valence-corrected chi connectivity index (χ0v) is 13.7. The molecule has 4 heteroatoms. The predicted octanol–water partition coefficient (Wildman–Crippen LogP) is 3.31. The molecule has 3 atom stereocenters. The molecule has 1 amide bonds. The van der Waals surface area contributed by atoms with Crippen LogP contribution in [-0.2, 0) is 4.79 Å². The summed E-state index contributed by atoms with van der Waals surface area (Å²) in [5.74, 6) is 0.373. The van der Waals surface area contributed by atoms with Gasteiger partial charge in [0.2, 0.25) is 5.91 Å². The Bertz CT molecular complexity index is 486. The van der Waals surface area contributed by atoms with Crippen LogP contribution in [0.15, 0.2) is 24.3 Å². The summed E-state index contributed by atoms with van der Waals surface area (Å²) in [5.41, 5.74) is 1.01. The maximum atomic E-state index is 12.9. The van der Waals surface area contributed by atoms with Crippen molar-refractivity contribution in [2.75, 3.05) is 13.1 Å². The number of benzene rings is 1. The first-order valence-electron chi connectivity index (χ1n) is 7.62. The number of piperidine rings is 1. The molecule has 1 aromatic carbocycles. The van der Waals surface area contributed by atoms with Crippen molar-refractivity contribution in [3.8, 4) is 0 Å². The quantitative estimate of drug-likeness (QED) is 0.930. The number of aliphatic hydroxyl groups excluding tert-OH is 1. The van der Waals surface area contributed by atoms with Crippen molar-refractivity contribution in [3.63, 3.8) is 0 Å². The first kappa shape index (κ1) is 16.3. The van der Waals surface area contributed by atoms with Crippen LogP contribution < -0.4 is 0 Å². The Kier molecular flexibility index (Phi) is 5.28. The van der Waals surface area contributed by atoms with Crippen LogP contribution in [0.4, 0.5) is 0 Å². The van der Waals surface area contributed by atoms with Crippen LogP contribution in [0.1, 0.15) is 38.7 Å². The van der Waals surface area contributed by atoms with Crippen molar-refractivity contribution in [1.29, 1.82) is 0 Å². The van der Waals surface area contributed by atoms with Crippen LogP contribution in [-0.4, -0.2) is 35.1 Å². The standard InChI is InChI=1S/C17H24ClNO2/c1-11(2)16(13-4-6-14(18)7-5-13)17(21)19-9-8-15(20)12(3)10-19/h4-7,11-12,15-16,20H,8-10H2,1-3H3. The van der Waals surface area contributed by atoms with Crippen LogP contribution >= 0.6 is 11.6 Å². The van der Waals surface area contributed by atoms with E-state index in [1.54, 1.807) is 0 Å². The highest BCUT2D eigenvalue weighted by Gasteiger charge is 2.33. The molecular weight excluding hydrogens is 286 g/mol. The van der Waals surface area contributed by atoms with Crippen LogP contribution in [0, 0.1) is 11.8 Å². The van der Waals surface area contributed by atoms with Gasteiger partial charge in [-0.15, -0.1) is 0 Å². The molecule has 1 aliphatic heterocycles. The number of likely N-dealkylation sites (tertiary alicyclic amines) is 1. The van der Waals surface area contributed by atoms with Crippen LogP contribution in [0.5, 0.6) is 0 Å². The molecule has 1 fully saturated rings. The van der Waals surface area contributed by atoms with E-state index in [0.717, 1.165) is 5.56 Å². The molecule has 1 aliphatic rings. The fraction of sp³-hybridized carbons (Fsp3) is 0.588. The highest BCUT2D eigenvalue weighted by molar-refractivity contribution is 6.30. The van der Waals surface area contributed by atoms with Gasteiger partial charge < -0.3 is 10.0 Å². The fourth-order valence-electron chi connectivity index (χ4n) is 3.01. The third-order valence-electron chi connectivity index (χ3n) is 4.33. The molecule has 0 saturated carbocycles. The summed E-state index contributed by atoms with van der Waals surface area (Å²) < 4.78 is 0. The second kappa shape index (κ2) is 6.80. The molecule has 116 valence electrons. The van der Waals surface area contributed by atoms with E-state index in [9.17, 15) is 9.90 Å². The molecule has 0 bridgehead atoms. The zero-order valence-electron chi connectivity index (χ0n) is 12.9. The van der Waals surface area contributed by atoms with Crippen molar-refractivity contribution in [3.05, 3.63) is 34.9 Å². The molecular formula is C17H24ClNO2. The second-order valence-corrected chi connectivity index (χ2v) is 6.83. The first-order valence-corrected chi connectivity index (χ1v) is 8.00. The van der Waals surface area contributed by atoms with Crippen molar-refractivity contribution < 1.29 is 9.90 Å². The lowest BCUT2D eigenvalue weighted by Crippen LogP contribution is -2.47. The van der Waals surface area contributed by atoms with Crippen LogP contribution in [0.25, 0.3) is 0 Å². The van der Waals surface area contributed by atoms with Gasteiger partial charge in [-0.2, -0.15) is 0 Å². The minimum atomic E-state index is -0.290. The maximum absolute atomic E-state index is 12.9. The largest absolute Gasteiger partial charge is 0.393 e. The van der Waals surface area contributed by atoms with Gasteiger partial charge in [-0.05, 0) is 36.0 Å². The molecule has 3 nitrogen and oxygen atoms in total. The summed E-state index contributed by atoms with van der Waals surface area (Å²) in [6.07, 6.45) is 0.375. The number of amides is 1. The van der Waals surface area contributed by atoms with Crippen molar-refractivity contribution in [1.82, 2.24) is 4.90 Å². The lowest BCUT2D eigenvalue weighted by molar-refractivity contribution is -0.137. The number of nitrogens with zero attached hydrogens (tertiary/aromatic N) is 1. The smallest absolute Gasteiger partial charge is 0.230 e. The van der Waals surface area contributed by atoms with E-state index in [1.807, 2.05) is 36.1 Å². The molecule has 1 heterocycles. The summed E-state index contributed by atoms with van der Waals surface area (Å²) in [6, 6.07) is 7.55. The van der Waals surface area contributed by atoms with E-state index in [1.165, 1.54) is 0 Å². The van der Waals surface area contributed by atoms with Gasteiger partial charge in [-0.1, -0.05) is 44.5 Å². The number of hydrogen-bond acceptors (Lipinski definition) is 2. The normalized spacial score (nSPS) is 24.2. The van der Waals surface area contributed by atoms with Crippen LogP contribution in [0.2, 0.25) is 5.02 Å². The molecule has 21 heavy (non-hydrogen) atoms. The van der Waals surface area contributed by atoms with Crippen molar-refractivity contribution in [2.24, 2.45) is 11.8 Å². The average molecular weight is 310 g/mol. The van der Waals surface area contributed by atoms with E-state index in [0.29, 0.717) is 24.5 Å². The van der Waals surface area contributed by atoms with Gasteiger partial charge in [0.1, 0.15) is 0 Å². The number of carbonyl (C=O) groups excluding carboxylic acids is 1. The van der Waals surface area contributed by atoms with Crippen LogP contribution in [0.3, 0.4) is 0 Å². The van der Waals surface area contributed by atoms with E-state index in [-0.39, 0.29) is 29.8 Å². The van der Waals surface area contributed by atoms with Gasteiger partial charge >= 0.3 is 0 Å². The molecule has 1 saturated heterocycles.